The van der Waals surface area contributed by atoms with Crippen molar-refractivity contribution >= 4 is 29.0 Å². The molecule has 1 fully saturated rings. The molecule has 2 heterocycles. The lowest BCUT2D eigenvalue weighted by atomic mass is 9.77. The first kappa shape index (κ1) is 23.7. The Hall–Kier alpha value is -4.08. The van der Waals surface area contributed by atoms with Crippen LogP contribution in [-0.4, -0.2) is 43.3 Å². The second-order valence-corrected chi connectivity index (χ2v) is 9.43. The van der Waals surface area contributed by atoms with Gasteiger partial charge in [0.05, 0.1) is 11.4 Å². The van der Waals surface area contributed by atoms with Gasteiger partial charge >= 0.3 is 5.91 Å². The van der Waals surface area contributed by atoms with E-state index in [2.05, 4.69) is 36.1 Å². The summed E-state index contributed by atoms with van der Waals surface area (Å²) >= 11 is 0. The number of phenolic OH excluding ortho intramolecular Hbond substituents is 1. The fourth-order valence-corrected chi connectivity index (χ4v) is 5.03. The molecule has 2 aliphatic rings. The number of hydrogen-bond acceptors (Lipinski definition) is 7. The van der Waals surface area contributed by atoms with E-state index in [1.165, 1.54) is 0 Å². The van der Waals surface area contributed by atoms with Gasteiger partial charge in [0, 0.05) is 12.3 Å². The van der Waals surface area contributed by atoms with Crippen molar-refractivity contribution < 1.29 is 9.90 Å². The first-order valence-electron chi connectivity index (χ1n) is 12.3. The molecular weight excluding hydrogens is 456 g/mol. The van der Waals surface area contributed by atoms with Crippen molar-refractivity contribution in [2.75, 3.05) is 10.3 Å². The monoisotopic (exact) mass is 486 g/mol. The van der Waals surface area contributed by atoms with Gasteiger partial charge in [0.1, 0.15) is 11.6 Å². The molecule has 5 rings (SSSR count). The first-order valence-corrected chi connectivity index (χ1v) is 12.3. The van der Waals surface area contributed by atoms with Crippen LogP contribution in [0.25, 0.3) is 0 Å². The number of aromatic nitrogens is 4. The summed E-state index contributed by atoms with van der Waals surface area (Å²) in [6, 6.07) is 11.5. The normalized spacial score (nSPS) is 21.2. The highest BCUT2D eigenvalue weighted by Crippen LogP contribution is 2.44. The molecule has 1 saturated carbocycles. The number of para-hydroxylation sites is 1. The second kappa shape index (κ2) is 9.88. The number of benzene rings is 2. The average Bonchev–Trinajstić information content (AvgIpc) is 3.54. The third-order valence-corrected chi connectivity index (χ3v) is 7.16. The number of anilines is 2. The molecule has 0 saturated heterocycles. The van der Waals surface area contributed by atoms with Gasteiger partial charge in [0.2, 0.25) is 5.84 Å². The molecule has 10 heteroatoms. The number of aryl methyl sites for hydroxylation is 2. The average molecular weight is 487 g/mol. The van der Waals surface area contributed by atoms with E-state index in [4.69, 9.17) is 0 Å². The van der Waals surface area contributed by atoms with Crippen LogP contribution in [0.4, 0.5) is 11.4 Å². The van der Waals surface area contributed by atoms with Crippen LogP contribution in [0.15, 0.2) is 46.5 Å². The Balaban J connectivity index is 1.36. The van der Waals surface area contributed by atoms with Gasteiger partial charge in [-0.1, -0.05) is 31.5 Å². The Labute approximate surface area is 209 Å². The lowest BCUT2D eigenvalue weighted by Gasteiger charge is -2.28. The number of hydrazone groups is 1. The van der Waals surface area contributed by atoms with Gasteiger partial charge in [0.25, 0.3) is 0 Å². The molecule has 3 N–H and O–H groups in total. The number of amidine groups is 2. The van der Waals surface area contributed by atoms with Gasteiger partial charge in [0.15, 0.2) is 5.82 Å². The van der Waals surface area contributed by atoms with Gasteiger partial charge in [-0.05, 0) is 84.3 Å². The highest BCUT2D eigenvalue weighted by molar-refractivity contribution is 6.54. The lowest BCUT2D eigenvalue weighted by molar-refractivity contribution is -0.111. The van der Waals surface area contributed by atoms with Crippen molar-refractivity contribution in [1.82, 2.24) is 20.6 Å². The summed E-state index contributed by atoms with van der Waals surface area (Å²) in [7, 11) is 0. The van der Waals surface area contributed by atoms with E-state index in [1.54, 1.807) is 11.0 Å². The van der Waals surface area contributed by atoms with Crippen LogP contribution in [0.5, 0.6) is 5.75 Å². The molecule has 2 aromatic carbocycles. The van der Waals surface area contributed by atoms with Crippen molar-refractivity contribution in [3.05, 3.63) is 58.9 Å². The van der Waals surface area contributed by atoms with Gasteiger partial charge in [-0.25, -0.2) is 10.1 Å². The molecule has 0 radical (unpaired) electrons. The Morgan fingerprint density at radius 3 is 2.75 bits per heavy atom. The number of amides is 1. The van der Waals surface area contributed by atoms with Gasteiger partial charge in [-0.2, -0.15) is 0 Å². The van der Waals surface area contributed by atoms with E-state index < -0.39 is 0 Å². The van der Waals surface area contributed by atoms with Crippen LogP contribution in [0.3, 0.4) is 0 Å². The SMILES string of the molecule is CCC1=NC(=NNc2cccc(C3CCCC(c4nnn[nH]4)C3)c2O)C(=O)N1c1ccc(C)c(C)c1. The predicted octanol–water partition coefficient (Wildman–Crippen LogP) is 4.54. The molecule has 1 aliphatic carbocycles. The molecular formula is C26H30N8O2. The lowest BCUT2D eigenvalue weighted by Crippen LogP contribution is -2.33. The fraction of sp³-hybridized carbons (Fsp3) is 0.385. The summed E-state index contributed by atoms with van der Waals surface area (Å²) in [4.78, 5) is 19.3. The van der Waals surface area contributed by atoms with E-state index in [0.717, 1.165) is 53.9 Å². The quantitative estimate of drug-likeness (QED) is 0.346. The standard InChI is InChI=1S/C26H30N8O2/c1-4-22-27-25(26(36)34(22)19-12-11-15(2)16(3)13-19)29-28-21-10-6-9-20(23(21)35)17-7-5-8-18(14-17)24-30-32-33-31-24/h6,9-13,17-18,28,35H,4-5,7-8,14H2,1-3H3,(H,30,31,32,33). The Kier molecular flexibility index (Phi) is 6.49. The number of aliphatic imine (C=N–C) groups is 1. The number of rotatable bonds is 6. The zero-order chi connectivity index (χ0) is 25.2. The summed E-state index contributed by atoms with van der Waals surface area (Å²) in [5.74, 6) is 1.72. The number of hydrogen-bond donors (Lipinski definition) is 3. The number of carbonyl (C=O) groups is 1. The van der Waals surface area contributed by atoms with Crippen molar-refractivity contribution in [1.29, 1.82) is 0 Å². The van der Waals surface area contributed by atoms with Crippen LogP contribution in [0, 0.1) is 13.8 Å². The van der Waals surface area contributed by atoms with Crippen LogP contribution < -0.4 is 10.3 Å². The van der Waals surface area contributed by atoms with Crippen LogP contribution >= 0.6 is 0 Å². The number of H-pyrrole nitrogens is 1. The third-order valence-electron chi connectivity index (χ3n) is 7.16. The second-order valence-electron chi connectivity index (χ2n) is 9.43. The predicted molar refractivity (Wildman–Crippen MR) is 138 cm³/mol. The Morgan fingerprint density at radius 1 is 1.17 bits per heavy atom. The van der Waals surface area contributed by atoms with Gasteiger partial charge < -0.3 is 5.11 Å². The van der Waals surface area contributed by atoms with E-state index in [0.29, 0.717) is 17.9 Å². The summed E-state index contributed by atoms with van der Waals surface area (Å²) in [6.45, 7) is 6.01. The molecule has 1 aromatic heterocycles. The maximum Gasteiger partial charge on any atom is 0.303 e. The Morgan fingerprint density at radius 2 is 2.00 bits per heavy atom. The number of aromatic hydroxyl groups is 1. The minimum atomic E-state index is -0.297. The van der Waals surface area contributed by atoms with Crippen LogP contribution in [0.1, 0.15) is 73.4 Å². The molecule has 1 aliphatic heterocycles. The molecule has 186 valence electrons. The molecule has 0 spiro atoms. The van der Waals surface area contributed by atoms with Crippen molar-refractivity contribution in [2.45, 2.75) is 64.7 Å². The molecule has 0 bridgehead atoms. The molecule has 2 atom stereocenters. The molecule has 2 unspecified atom stereocenters. The van der Waals surface area contributed by atoms with E-state index in [9.17, 15) is 9.90 Å². The number of carbonyl (C=O) groups excluding carboxylic acids is 1. The summed E-state index contributed by atoms with van der Waals surface area (Å²) in [5, 5.41) is 29.7. The summed E-state index contributed by atoms with van der Waals surface area (Å²) < 4.78 is 0. The molecule has 10 nitrogen and oxygen atoms in total. The largest absolute Gasteiger partial charge is 0.505 e. The summed E-state index contributed by atoms with van der Waals surface area (Å²) in [6.07, 6.45) is 4.43. The van der Waals surface area contributed by atoms with Crippen LogP contribution in [-0.2, 0) is 4.79 Å². The minimum absolute atomic E-state index is 0.0606. The highest BCUT2D eigenvalue weighted by atomic mass is 16.3. The maximum atomic E-state index is 13.2. The smallest absolute Gasteiger partial charge is 0.303 e. The topological polar surface area (TPSA) is 132 Å². The molecule has 1 amide bonds. The van der Waals surface area contributed by atoms with E-state index >= 15 is 0 Å². The highest BCUT2D eigenvalue weighted by Gasteiger charge is 2.33. The van der Waals surface area contributed by atoms with E-state index in [-0.39, 0.29) is 29.3 Å². The number of tetrazole rings is 1. The zero-order valence-corrected chi connectivity index (χ0v) is 20.7. The third kappa shape index (κ3) is 4.46. The number of nitrogens with zero attached hydrogens (tertiary/aromatic N) is 6. The van der Waals surface area contributed by atoms with Gasteiger partial charge in [-0.3, -0.25) is 15.1 Å². The fourth-order valence-electron chi connectivity index (χ4n) is 5.03. The minimum Gasteiger partial charge on any atom is -0.505 e. The first-order chi connectivity index (χ1) is 17.5. The number of aromatic amines is 1. The molecule has 36 heavy (non-hydrogen) atoms. The Bertz CT molecular complexity index is 1330. The summed E-state index contributed by atoms with van der Waals surface area (Å²) in [5.41, 5.74) is 7.21. The van der Waals surface area contributed by atoms with Crippen molar-refractivity contribution in [3.8, 4) is 5.75 Å². The number of nitrogens with one attached hydrogen (secondary N) is 2. The zero-order valence-electron chi connectivity index (χ0n) is 20.7. The number of phenols is 1. The van der Waals surface area contributed by atoms with E-state index in [1.807, 2.05) is 51.1 Å². The maximum absolute atomic E-state index is 13.2. The van der Waals surface area contributed by atoms with Crippen molar-refractivity contribution in [2.24, 2.45) is 10.1 Å². The van der Waals surface area contributed by atoms with Crippen LogP contribution in [0.2, 0.25) is 0 Å². The molecule has 3 aromatic rings. The van der Waals surface area contributed by atoms with Gasteiger partial charge in [-0.15, -0.1) is 10.2 Å². The van der Waals surface area contributed by atoms with Crippen molar-refractivity contribution in [3.63, 3.8) is 0 Å².